The molecule has 0 aliphatic heterocycles. The van der Waals surface area contributed by atoms with Crippen LogP contribution in [0.5, 0.6) is 0 Å². The first-order valence-corrected chi connectivity index (χ1v) is 16.3. The second-order valence-corrected chi connectivity index (χ2v) is 16.9. The topological polar surface area (TPSA) is 70.0 Å². The highest BCUT2D eigenvalue weighted by Crippen LogP contribution is 2.61. The van der Waals surface area contributed by atoms with Crippen molar-refractivity contribution >= 4 is 14.4 Å². The molecule has 2 unspecified atom stereocenters. The minimum Gasteiger partial charge on any atom is -0.465 e. The fourth-order valence-electron chi connectivity index (χ4n) is 6.86. The van der Waals surface area contributed by atoms with Gasteiger partial charge in [0.15, 0.2) is 8.32 Å². The number of nitrogens with zero attached hydrogens (tertiary/aromatic N) is 1. The van der Waals surface area contributed by atoms with Gasteiger partial charge in [0.2, 0.25) is 0 Å². The number of hydrogen-bond donors (Lipinski definition) is 2. The predicted octanol–water partition coefficient (Wildman–Crippen LogP) is 7.17. The van der Waals surface area contributed by atoms with Gasteiger partial charge in [-0.15, -0.1) is 0 Å². The van der Waals surface area contributed by atoms with Crippen molar-refractivity contribution in [1.29, 1.82) is 0 Å². The molecular weight excluding hydrogens is 442 g/mol. The van der Waals surface area contributed by atoms with Crippen molar-refractivity contribution in [3.63, 3.8) is 0 Å². The second-order valence-electron chi connectivity index (χ2n) is 12.2. The van der Waals surface area contributed by atoms with E-state index in [1.54, 1.807) is 0 Å². The SMILES string of the molecule is CC[Si](CC)(CC)O[C@H]1CCC[C@]2(C)C(C(C)(C)/C=C/C(O)C3CC3)CC[C@@H]12.CN(C)C(=O)O. The van der Waals surface area contributed by atoms with E-state index in [0.717, 1.165) is 10.8 Å². The Morgan fingerprint density at radius 3 is 2.15 bits per heavy atom. The standard InChI is InChI=1S/C25H46O2Si.C3H7NO2/c1-7-28(8-2,9-3)27-22-11-10-17-25(6)20(22)14-15-23(25)24(4,5)18-16-21(26)19-12-13-19;1-4(2)3(5)6/h16,18-23,26H,7-15,17H2,1-6H3;1-2H3,(H,5,6)/b18-16+;/t20-,21?,22-,23?,25-;/m0./s1. The van der Waals surface area contributed by atoms with E-state index in [-0.39, 0.29) is 11.5 Å². The van der Waals surface area contributed by atoms with E-state index in [2.05, 4.69) is 53.7 Å². The second kappa shape index (κ2) is 11.9. The first-order chi connectivity index (χ1) is 15.9. The molecule has 0 bridgehead atoms. The minimum atomic E-state index is -1.55. The molecule has 198 valence electrons. The van der Waals surface area contributed by atoms with Crippen molar-refractivity contribution in [2.24, 2.45) is 28.6 Å². The summed E-state index contributed by atoms with van der Waals surface area (Å²) in [4.78, 5) is 10.7. The summed E-state index contributed by atoms with van der Waals surface area (Å²) in [5.41, 5.74) is 0.534. The highest BCUT2D eigenvalue weighted by atomic mass is 28.4. The zero-order valence-corrected chi connectivity index (χ0v) is 24.3. The van der Waals surface area contributed by atoms with Gasteiger partial charge in [-0.05, 0) is 85.2 Å². The van der Waals surface area contributed by atoms with Gasteiger partial charge < -0.3 is 19.5 Å². The van der Waals surface area contributed by atoms with Gasteiger partial charge in [-0.25, -0.2) is 4.79 Å². The monoisotopic (exact) mass is 495 g/mol. The zero-order valence-electron chi connectivity index (χ0n) is 23.3. The Labute approximate surface area is 210 Å². The van der Waals surface area contributed by atoms with E-state index >= 15 is 0 Å². The van der Waals surface area contributed by atoms with Crippen LogP contribution in [0.3, 0.4) is 0 Å². The number of amides is 1. The van der Waals surface area contributed by atoms with Crippen molar-refractivity contribution < 1.29 is 19.4 Å². The fourth-order valence-corrected chi connectivity index (χ4v) is 9.79. The number of rotatable bonds is 9. The van der Waals surface area contributed by atoms with Crippen LogP contribution in [0.25, 0.3) is 0 Å². The maximum absolute atomic E-state index is 10.3. The lowest BCUT2D eigenvalue weighted by Gasteiger charge is -2.50. The molecule has 2 N–H and O–H groups in total. The van der Waals surface area contributed by atoms with E-state index < -0.39 is 14.4 Å². The Morgan fingerprint density at radius 1 is 1.12 bits per heavy atom. The molecule has 0 saturated heterocycles. The highest BCUT2D eigenvalue weighted by Gasteiger charge is 2.56. The lowest BCUT2D eigenvalue weighted by atomic mass is 9.58. The van der Waals surface area contributed by atoms with Gasteiger partial charge in [0.1, 0.15) is 0 Å². The third-order valence-corrected chi connectivity index (χ3v) is 14.2. The highest BCUT2D eigenvalue weighted by molar-refractivity contribution is 6.73. The smallest absolute Gasteiger partial charge is 0.406 e. The molecule has 3 aliphatic carbocycles. The molecule has 0 spiro atoms. The molecule has 5 atom stereocenters. The average Bonchev–Trinajstić information content (AvgIpc) is 3.57. The van der Waals surface area contributed by atoms with Gasteiger partial charge in [-0.1, -0.05) is 60.1 Å². The molecule has 3 saturated carbocycles. The largest absolute Gasteiger partial charge is 0.465 e. The van der Waals surface area contributed by atoms with E-state index in [4.69, 9.17) is 9.53 Å². The fraction of sp³-hybridized carbons (Fsp3) is 0.893. The molecule has 0 aromatic rings. The van der Waals surface area contributed by atoms with Crippen molar-refractivity contribution in [2.75, 3.05) is 14.1 Å². The Balaban J connectivity index is 0.000000604. The average molecular weight is 496 g/mol. The molecular formula is C28H53NO4Si. The molecule has 3 rings (SSSR count). The lowest BCUT2D eigenvalue weighted by Crippen LogP contribution is -2.49. The van der Waals surface area contributed by atoms with Crippen molar-refractivity contribution in [1.82, 2.24) is 4.90 Å². The maximum atomic E-state index is 10.3. The number of fused-ring (bicyclic) bond motifs is 1. The van der Waals surface area contributed by atoms with Crippen LogP contribution >= 0.6 is 0 Å². The molecule has 0 aromatic carbocycles. The third kappa shape index (κ3) is 6.88. The Morgan fingerprint density at radius 2 is 1.68 bits per heavy atom. The van der Waals surface area contributed by atoms with Gasteiger partial charge in [0.05, 0.1) is 6.10 Å². The van der Waals surface area contributed by atoms with Crippen molar-refractivity contribution in [2.45, 2.75) is 117 Å². The normalized spacial score (nSPS) is 30.4. The summed E-state index contributed by atoms with van der Waals surface area (Å²) in [5, 5.41) is 18.3. The first kappa shape index (κ1) is 29.4. The maximum Gasteiger partial charge on any atom is 0.406 e. The summed E-state index contributed by atoms with van der Waals surface area (Å²) < 4.78 is 7.09. The summed E-state index contributed by atoms with van der Waals surface area (Å²) in [6.45, 7) is 14.5. The minimum absolute atomic E-state index is 0.149. The van der Waals surface area contributed by atoms with Gasteiger partial charge in [-0.3, -0.25) is 0 Å². The Kier molecular flexibility index (Phi) is 10.3. The van der Waals surface area contributed by atoms with Gasteiger partial charge in [-0.2, -0.15) is 0 Å². The summed E-state index contributed by atoms with van der Waals surface area (Å²) in [7, 11) is 1.40. The van der Waals surface area contributed by atoms with Crippen LogP contribution in [-0.4, -0.2) is 55.8 Å². The van der Waals surface area contributed by atoms with Crippen LogP contribution in [0.15, 0.2) is 12.2 Å². The number of aliphatic hydroxyl groups is 1. The summed E-state index contributed by atoms with van der Waals surface area (Å²) in [5.74, 6) is 1.95. The summed E-state index contributed by atoms with van der Waals surface area (Å²) in [6.07, 6.45) is 12.8. The number of allylic oxidation sites excluding steroid dienone is 1. The molecule has 0 radical (unpaired) electrons. The molecule has 1 amide bonds. The van der Waals surface area contributed by atoms with E-state index in [0.29, 0.717) is 23.4 Å². The lowest BCUT2D eigenvalue weighted by molar-refractivity contribution is -0.0280. The predicted molar refractivity (Wildman–Crippen MR) is 144 cm³/mol. The number of aliphatic hydroxyl groups excluding tert-OH is 1. The van der Waals surface area contributed by atoms with E-state index in [1.807, 2.05) is 0 Å². The van der Waals surface area contributed by atoms with E-state index in [1.165, 1.54) is 77.2 Å². The molecule has 6 heteroatoms. The molecule has 34 heavy (non-hydrogen) atoms. The molecule has 0 aromatic heterocycles. The van der Waals surface area contributed by atoms with Crippen LogP contribution in [0.4, 0.5) is 4.79 Å². The summed E-state index contributed by atoms with van der Waals surface area (Å²) >= 11 is 0. The van der Waals surface area contributed by atoms with Gasteiger partial charge in [0.25, 0.3) is 0 Å². The van der Waals surface area contributed by atoms with Crippen LogP contribution in [0.2, 0.25) is 18.1 Å². The Hall–Kier alpha value is -0.853. The first-order valence-electron chi connectivity index (χ1n) is 13.8. The summed E-state index contributed by atoms with van der Waals surface area (Å²) in [6, 6.07) is 3.78. The van der Waals surface area contributed by atoms with Crippen LogP contribution in [0.1, 0.15) is 86.5 Å². The van der Waals surface area contributed by atoms with Gasteiger partial charge >= 0.3 is 6.09 Å². The molecule has 3 fully saturated rings. The quantitative estimate of drug-likeness (QED) is 0.263. The zero-order chi connectivity index (χ0) is 25.7. The van der Waals surface area contributed by atoms with E-state index in [9.17, 15) is 9.90 Å². The van der Waals surface area contributed by atoms with Crippen LogP contribution in [-0.2, 0) is 4.43 Å². The molecule has 0 heterocycles. The van der Waals surface area contributed by atoms with Crippen molar-refractivity contribution in [3.05, 3.63) is 12.2 Å². The molecule has 5 nitrogen and oxygen atoms in total. The van der Waals surface area contributed by atoms with Crippen LogP contribution in [0, 0.1) is 28.6 Å². The van der Waals surface area contributed by atoms with Gasteiger partial charge in [0, 0.05) is 20.2 Å². The number of carboxylic acid groups (broad SMARTS) is 1. The Bertz CT molecular complexity index is 678. The van der Waals surface area contributed by atoms with Crippen LogP contribution < -0.4 is 0 Å². The number of hydrogen-bond acceptors (Lipinski definition) is 3. The number of carbonyl (C=O) groups is 1. The van der Waals surface area contributed by atoms with Crippen molar-refractivity contribution in [3.8, 4) is 0 Å². The molecule has 3 aliphatic rings. The third-order valence-electron chi connectivity index (χ3n) is 9.51.